The lowest BCUT2D eigenvalue weighted by Crippen LogP contribution is -2.54. The number of pyridine rings is 1. The smallest absolute Gasteiger partial charge is 0.339 e. The van der Waals surface area contributed by atoms with E-state index in [0.717, 1.165) is 50.4 Å². The van der Waals surface area contributed by atoms with Gasteiger partial charge in [0.2, 0.25) is 0 Å². The van der Waals surface area contributed by atoms with Crippen LogP contribution in [0.4, 0.5) is 0 Å². The van der Waals surface area contributed by atoms with Crippen molar-refractivity contribution in [3.8, 4) is 0 Å². The summed E-state index contributed by atoms with van der Waals surface area (Å²) in [4.78, 5) is 29.1. The van der Waals surface area contributed by atoms with Crippen LogP contribution in [0.1, 0.15) is 82.0 Å². The summed E-state index contributed by atoms with van der Waals surface area (Å²) < 4.78 is 5.88. The quantitative estimate of drug-likeness (QED) is 0.644. The third kappa shape index (κ3) is 2.97. The van der Waals surface area contributed by atoms with Crippen LogP contribution in [0.2, 0.25) is 0 Å². The van der Waals surface area contributed by atoms with Crippen molar-refractivity contribution in [3.63, 3.8) is 0 Å². The topological polar surface area (TPSA) is 56.3 Å². The first-order valence-corrected chi connectivity index (χ1v) is 11.6. The van der Waals surface area contributed by atoms with Gasteiger partial charge in [0, 0.05) is 24.2 Å². The van der Waals surface area contributed by atoms with E-state index < -0.39 is 0 Å². The molecule has 4 heteroatoms. The third-order valence-electron chi connectivity index (χ3n) is 9.50. The van der Waals surface area contributed by atoms with Crippen molar-refractivity contribution in [2.24, 2.45) is 34.5 Å². The first kappa shape index (κ1) is 19.3. The summed E-state index contributed by atoms with van der Waals surface area (Å²) in [5, 5.41) is 0. The number of esters is 1. The van der Waals surface area contributed by atoms with Crippen molar-refractivity contribution in [3.05, 3.63) is 30.1 Å². The first-order chi connectivity index (χ1) is 13.9. The van der Waals surface area contributed by atoms with Gasteiger partial charge in [-0.3, -0.25) is 9.78 Å². The second-order valence-electron chi connectivity index (χ2n) is 10.6. The zero-order valence-electron chi connectivity index (χ0n) is 17.7. The molecule has 1 heterocycles. The molecule has 0 spiro atoms. The van der Waals surface area contributed by atoms with Gasteiger partial charge >= 0.3 is 5.97 Å². The van der Waals surface area contributed by atoms with Gasteiger partial charge in [-0.2, -0.15) is 0 Å². The second-order valence-corrected chi connectivity index (χ2v) is 10.6. The molecule has 1 aromatic heterocycles. The van der Waals surface area contributed by atoms with Gasteiger partial charge in [0.15, 0.2) is 0 Å². The van der Waals surface area contributed by atoms with Crippen molar-refractivity contribution in [2.75, 3.05) is 0 Å². The zero-order chi connectivity index (χ0) is 20.2. The highest BCUT2D eigenvalue weighted by atomic mass is 16.5. The summed E-state index contributed by atoms with van der Waals surface area (Å²) >= 11 is 0. The van der Waals surface area contributed by atoms with Crippen LogP contribution in [-0.4, -0.2) is 22.8 Å². The number of ether oxygens (including phenoxy) is 1. The van der Waals surface area contributed by atoms with Crippen molar-refractivity contribution < 1.29 is 14.3 Å². The molecule has 4 aliphatic rings. The molecular formula is C25H33NO3. The van der Waals surface area contributed by atoms with Crippen LogP contribution in [0.15, 0.2) is 24.5 Å². The van der Waals surface area contributed by atoms with Gasteiger partial charge in [-0.05, 0) is 92.6 Å². The second kappa shape index (κ2) is 6.92. The van der Waals surface area contributed by atoms with E-state index in [2.05, 4.69) is 18.8 Å². The number of hydrogen-bond donors (Lipinski definition) is 0. The monoisotopic (exact) mass is 395 g/mol. The number of ketones is 1. The van der Waals surface area contributed by atoms with E-state index >= 15 is 0 Å². The van der Waals surface area contributed by atoms with Crippen molar-refractivity contribution in [1.82, 2.24) is 4.98 Å². The summed E-state index contributed by atoms with van der Waals surface area (Å²) in [5.74, 6) is 2.98. The zero-order valence-corrected chi connectivity index (χ0v) is 17.7. The van der Waals surface area contributed by atoms with E-state index in [1.807, 2.05) is 0 Å². The fourth-order valence-corrected chi connectivity index (χ4v) is 7.80. The molecule has 0 bridgehead atoms. The number of rotatable bonds is 2. The van der Waals surface area contributed by atoms with E-state index in [1.54, 1.807) is 24.5 Å². The van der Waals surface area contributed by atoms with E-state index in [-0.39, 0.29) is 17.5 Å². The van der Waals surface area contributed by atoms with Gasteiger partial charge in [-0.1, -0.05) is 13.8 Å². The number of carbonyl (C=O) groups excluding carboxylic acids is 2. The number of carbonyl (C=O) groups is 2. The maximum absolute atomic E-state index is 12.6. The summed E-state index contributed by atoms with van der Waals surface area (Å²) in [6.45, 7) is 4.76. The van der Waals surface area contributed by atoms with Crippen LogP contribution >= 0.6 is 0 Å². The highest BCUT2D eigenvalue weighted by Crippen LogP contribution is 2.65. The molecule has 5 rings (SSSR count). The summed E-state index contributed by atoms with van der Waals surface area (Å²) in [5.41, 5.74) is 0.843. The Hall–Kier alpha value is -1.71. The Morgan fingerprint density at radius 3 is 2.76 bits per heavy atom. The summed E-state index contributed by atoms with van der Waals surface area (Å²) in [6, 6.07) is 3.55. The minimum absolute atomic E-state index is 0.0271. The fraction of sp³-hybridized carbons (Fsp3) is 0.720. The van der Waals surface area contributed by atoms with Crippen LogP contribution in [0.25, 0.3) is 0 Å². The molecule has 0 amide bonds. The molecule has 7 unspecified atom stereocenters. The van der Waals surface area contributed by atoms with E-state index in [9.17, 15) is 9.59 Å². The van der Waals surface area contributed by atoms with Crippen LogP contribution in [0, 0.1) is 34.5 Å². The van der Waals surface area contributed by atoms with E-state index in [4.69, 9.17) is 4.74 Å². The van der Waals surface area contributed by atoms with Gasteiger partial charge in [0.05, 0.1) is 5.56 Å². The maximum Gasteiger partial charge on any atom is 0.339 e. The van der Waals surface area contributed by atoms with E-state index in [1.165, 1.54) is 19.3 Å². The van der Waals surface area contributed by atoms with Crippen LogP contribution < -0.4 is 0 Å². The lowest BCUT2D eigenvalue weighted by atomic mass is 9.45. The van der Waals surface area contributed by atoms with Crippen molar-refractivity contribution >= 4 is 11.8 Å². The molecule has 4 nitrogen and oxygen atoms in total. The molecule has 7 atom stereocenters. The van der Waals surface area contributed by atoms with Crippen molar-refractivity contribution in [2.45, 2.75) is 77.7 Å². The molecule has 0 N–H and O–H groups in total. The average Bonchev–Trinajstić information content (AvgIpc) is 3.03. The number of fused-ring (bicyclic) bond motifs is 5. The molecule has 0 radical (unpaired) electrons. The Morgan fingerprint density at radius 2 is 1.97 bits per heavy atom. The lowest BCUT2D eigenvalue weighted by Gasteiger charge is -2.60. The molecule has 4 saturated carbocycles. The first-order valence-electron chi connectivity index (χ1n) is 11.6. The Balaban J connectivity index is 1.29. The van der Waals surface area contributed by atoms with E-state index in [0.29, 0.717) is 28.6 Å². The van der Waals surface area contributed by atoms with Gasteiger partial charge in [0.1, 0.15) is 11.9 Å². The molecule has 4 aliphatic carbocycles. The molecule has 156 valence electrons. The average molecular weight is 396 g/mol. The normalized spacial score (nSPS) is 43.8. The van der Waals surface area contributed by atoms with Crippen LogP contribution in [0.3, 0.4) is 0 Å². The molecular weight excluding hydrogens is 362 g/mol. The Morgan fingerprint density at radius 1 is 1.10 bits per heavy atom. The number of Topliss-reactive ketones (excluding diaryl/α,β-unsaturated/α-hetero) is 1. The fourth-order valence-electron chi connectivity index (χ4n) is 7.80. The van der Waals surface area contributed by atoms with Crippen molar-refractivity contribution in [1.29, 1.82) is 0 Å². The highest BCUT2D eigenvalue weighted by molar-refractivity contribution is 5.89. The predicted octanol–water partition coefficient (Wildman–Crippen LogP) is 5.22. The predicted molar refractivity (Wildman–Crippen MR) is 110 cm³/mol. The van der Waals surface area contributed by atoms with Crippen LogP contribution in [-0.2, 0) is 9.53 Å². The Kier molecular flexibility index (Phi) is 4.60. The minimum Gasteiger partial charge on any atom is -0.459 e. The number of aromatic nitrogens is 1. The van der Waals surface area contributed by atoms with Crippen LogP contribution in [0.5, 0.6) is 0 Å². The highest BCUT2D eigenvalue weighted by Gasteiger charge is 2.60. The van der Waals surface area contributed by atoms with Gasteiger partial charge in [-0.15, -0.1) is 0 Å². The Bertz CT molecular complexity index is 808. The third-order valence-corrected chi connectivity index (χ3v) is 9.50. The van der Waals surface area contributed by atoms with Gasteiger partial charge < -0.3 is 4.74 Å². The summed E-state index contributed by atoms with van der Waals surface area (Å²) in [6.07, 6.45) is 13.1. The SMILES string of the molecule is CC12CCC3C(CCC4CC(OC(=O)c5cccnc5)CCC43C)C1CCC2=O. The maximum atomic E-state index is 12.6. The molecule has 4 fully saturated rings. The summed E-state index contributed by atoms with van der Waals surface area (Å²) in [7, 11) is 0. The lowest BCUT2D eigenvalue weighted by molar-refractivity contribution is -0.142. The molecule has 29 heavy (non-hydrogen) atoms. The Labute approximate surface area is 173 Å². The molecule has 0 saturated heterocycles. The standard InChI is InChI=1S/C25H33NO3/c1-24-11-9-18(29-23(28)16-4-3-13-26-15-16)14-17(24)5-6-19-20-7-8-22(27)25(20,2)12-10-21(19)24/h3-4,13,15,17-21H,5-12,14H2,1-2H3. The largest absolute Gasteiger partial charge is 0.459 e. The number of nitrogens with zero attached hydrogens (tertiary/aromatic N) is 1. The molecule has 0 aromatic carbocycles. The number of hydrogen-bond acceptors (Lipinski definition) is 4. The minimum atomic E-state index is -0.238. The van der Waals surface area contributed by atoms with Gasteiger partial charge in [-0.25, -0.2) is 4.79 Å². The van der Waals surface area contributed by atoms with Gasteiger partial charge in [0.25, 0.3) is 0 Å². The molecule has 1 aromatic rings. The molecule has 0 aliphatic heterocycles.